The molecule has 0 spiro atoms. The van der Waals surface area contributed by atoms with Crippen LogP contribution in [0.25, 0.3) is 0 Å². The molecule has 6 heteroatoms. The summed E-state index contributed by atoms with van der Waals surface area (Å²) in [6, 6.07) is 7.35. The summed E-state index contributed by atoms with van der Waals surface area (Å²) in [7, 11) is 3.50. The second-order valence-electron chi connectivity index (χ2n) is 5.35. The topological polar surface area (TPSA) is 76.4 Å². The normalized spacial score (nSPS) is 14.8. The van der Waals surface area contributed by atoms with Crippen molar-refractivity contribution in [3.05, 3.63) is 23.8 Å². The number of anilines is 2. The maximum absolute atomic E-state index is 12.3. The molecule has 2 rings (SSSR count). The van der Waals surface area contributed by atoms with Crippen molar-refractivity contribution in [1.29, 1.82) is 5.26 Å². The fourth-order valence-corrected chi connectivity index (χ4v) is 2.35. The van der Waals surface area contributed by atoms with Gasteiger partial charge in [-0.25, -0.2) is 0 Å². The summed E-state index contributed by atoms with van der Waals surface area (Å²) >= 11 is 0. The number of likely N-dealkylation sites (N-methyl/N-ethyl adjacent to an activating group) is 1. The lowest BCUT2D eigenvalue weighted by molar-refractivity contribution is -0.115. The Kier molecular flexibility index (Phi) is 4.13. The molecule has 6 nitrogen and oxygen atoms in total. The van der Waals surface area contributed by atoms with Gasteiger partial charge < -0.3 is 15.1 Å². The summed E-state index contributed by atoms with van der Waals surface area (Å²) in [4.78, 5) is 27.2. The van der Waals surface area contributed by atoms with Crippen molar-refractivity contribution in [3.8, 4) is 6.07 Å². The Hall–Kier alpha value is -2.55. The Balaban J connectivity index is 2.22. The van der Waals surface area contributed by atoms with Crippen molar-refractivity contribution in [2.24, 2.45) is 5.92 Å². The molecule has 2 amide bonds. The van der Waals surface area contributed by atoms with E-state index in [0.717, 1.165) is 5.69 Å². The van der Waals surface area contributed by atoms with E-state index in [-0.39, 0.29) is 17.7 Å². The first-order chi connectivity index (χ1) is 9.92. The highest BCUT2D eigenvalue weighted by molar-refractivity contribution is 6.03. The number of nitriles is 1. The number of hydrogen-bond acceptors (Lipinski definition) is 4. The van der Waals surface area contributed by atoms with E-state index < -0.39 is 0 Å². The standard InChI is InChI=1S/C15H18N4O2/c1-10(7-16)8-19(3)15(21)11-4-5-13-12(6-11)17-14(20)9-18(13)2/h4-6,10H,8-9H2,1-3H3,(H,17,20). The zero-order chi connectivity index (χ0) is 15.6. The first kappa shape index (κ1) is 14.9. The molecule has 0 radical (unpaired) electrons. The molecule has 1 unspecified atom stereocenters. The van der Waals surface area contributed by atoms with Gasteiger partial charge in [-0.3, -0.25) is 9.59 Å². The van der Waals surface area contributed by atoms with Crippen LogP contribution in [0.15, 0.2) is 18.2 Å². The average Bonchev–Trinajstić information content (AvgIpc) is 2.45. The van der Waals surface area contributed by atoms with Crippen LogP contribution < -0.4 is 10.2 Å². The van der Waals surface area contributed by atoms with Gasteiger partial charge in [-0.2, -0.15) is 5.26 Å². The Bertz CT molecular complexity index is 621. The van der Waals surface area contributed by atoms with Crippen molar-refractivity contribution in [2.45, 2.75) is 6.92 Å². The number of nitrogens with zero attached hydrogens (tertiary/aromatic N) is 3. The zero-order valence-corrected chi connectivity index (χ0v) is 12.4. The van der Waals surface area contributed by atoms with E-state index in [1.807, 2.05) is 18.0 Å². The van der Waals surface area contributed by atoms with Gasteiger partial charge >= 0.3 is 0 Å². The molecular formula is C15H18N4O2. The Labute approximate surface area is 123 Å². The second-order valence-corrected chi connectivity index (χ2v) is 5.35. The van der Waals surface area contributed by atoms with Gasteiger partial charge in [0.2, 0.25) is 5.91 Å². The van der Waals surface area contributed by atoms with E-state index in [4.69, 9.17) is 5.26 Å². The van der Waals surface area contributed by atoms with Crippen molar-refractivity contribution in [2.75, 3.05) is 37.4 Å². The van der Waals surface area contributed by atoms with Crippen LogP contribution in [0.5, 0.6) is 0 Å². The lowest BCUT2D eigenvalue weighted by Crippen LogP contribution is -2.36. The van der Waals surface area contributed by atoms with Crippen LogP contribution in [0, 0.1) is 17.2 Å². The lowest BCUT2D eigenvalue weighted by Gasteiger charge is -2.28. The molecule has 0 fully saturated rings. The maximum Gasteiger partial charge on any atom is 0.253 e. The first-order valence-electron chi connectivity index (χ1n) is 6.72. The number of nitrogens with one attached hydrogen (secondary N) is 1. The van der Waals surface area contributed by atoms with Crippen LogP contribution in [0.4, 0.5) is 11.4 Å². The van der Waals surface area contributed by atoms with Crippen LogP contribution in [-0.2, 0) is 4.79 Å². The van der Waals surface area contributed by atoms with Crippen molar-refractivity contribution in [1.82, 2.24) is 4.90 Å². The molecule has 0 saturated carbocycles. The van der Waals surface area contributed by atoms with Gasteiger partial charge in [0.25, 0.3) is 5.91 Å². The molecule has 1 aromatic carbocycles. The molecule has 21 heavy (non-hydrogen) atoms. The molecule has 0 bridgehead atoms. The maximum atomic E-state index is 12.3. The van der Waals surface area contributed by atoms with Crippen LogP contribution in [0.2, 0.25) is 0 Å². The second kappa shape index (κ2) is 5.83. The largest absolute Gasteiger partial charge is 0.364 e. The Morgan fingerprint density at radius 2 is 2.29 bits per heavy atom. The predicted octanol–water partition coefficient (Wildman–Crippen LogP) is 1.31. The average molecular weight is 286 g/mol. The number of rotatable bonds is 3. The molecule has 1 atom stereocenters. The van der Waals surface area contributed by atoms with Gasteiger partial charge in [0.1, 0.15) is 0 Å². The van der Waals surface area contributed by atoms with Gasteiger partial charge in [-0.15, -0.1) is 0 Å². The monoisotopic (exact) mass is 286 g/mol. The Morgan fingerprint density at radius 3 is 2.95 bits per heavy atom. The highest BCUT2D eigenvalue weighted by Crippen LogP contribution is 2.29. The number of fused-ring (bicyclic) bond motifs is 1. The number of carbonyl (C=O) groups is 2. The minimum Gasteiger partial charge on any atom is -0.364 e. The van der Waals surface area contributed by atoms with Gasteiger partial charge in [-0.05, 0) is 25.1 Å². The van der Waals surface area contributed by atoms with Gasteiger partial charge in [0.05, 0.1) is 29.9 Å². The van der Waals surface area contributed by atoms with Crippen LogP contribution in [0.3, 0.4) is 0 Å². The molecule has 1 aliphatic rings. The van der Waals surface area contributed by atoms with Crippen molar-refractivity contribution >= 4 is 23.2 Å². The van der Waals surface area contributed by atoms with E-state index in [1.54, 1.807) is 26.1 Å². The third-order valence-corrected chi connectivity index (χ3v) is 3.42. The SMILES string of the molecule is CC(C#N)CN(C)C(=O)c1ccc2c(c1)NC(=O)CN2C. The number of amides is 2. The summed E-state index contributed by atoms with van der Waals surface area (Å²) in [6.45, 7) is 2.45. The summed E-state index contributed by atoms with van der Waals surface area (Å²) in [5.41, 5.74) is 2.03. The van der Waals surface area contributed by atoms with E-state index in [1.165, 1.54) is 4.90 Å². The number of benzene rings is 1. The summed E-state index contributed by atoms with van der Waals surface area (Å²) in [6.07, 6.45) is 0. The molecule has 1 heterocycles. The third kappa shape index (κ3) is 3.14. The highest BCUT2D eigenvalue weighted by Gasteiger charge is 2.21. The number of hydrogen-bond donors (Lipinski definition) is 1. The molecule has 1 N–H and O–H groups in total. The Morgan fingerprint density at radius 1 is 1.57 bits per heavy atom. The molecule has 1 aromatic rings. The molecule has 110 valence electrons. The molecular weight excluding hydrogens is 268 g/mol. The fraction of sp³-hybridized carbons (Fsp3) is 0.400. The summed E-state index contributed by atoms with van der Waals surface area (Å²) in [5, 5.41) is 11.6. The van der Waals surface area contributed by atoms with E-state index in [9.17, 15) is 9.59 Å². The molecule has 0 aromatic heterocycles. The van der Waals surface area contributed by atoms with Gasteiger partial charge in [0.15, 0.2) is 0 Å². The quantitative estimate of drug-likeness (QED) is 0.909. The van der Waals surface area contributed by atoms with Gasteiger partial charge in [-0.1, -0.05) is 0 Å². The van der Waals surface area contributed by atoms with Crippen LogP contribution in [-0.4, -0.2) is 43.9 Å². The fourth-order valence-electron chi connectivity index (χ4n) is 2.35. The van der Waals surface area contributed by atoms with Crippen LogP contribution >= 0.6 is 0 Å². The van der Waals surface area contributed by atoms with Crippen molar-refractivity contribution in [3.63, 3.8) is 0 Å². The molecule has 1 aliphatic heterocycles. The minimum absolute atomic E-state index is 0.0962. The number of carbonyl (C=O) groups excluding carboxylic acids is 2. The van der Waals surface area contributed by atoms with E-state index in [0.29, 0.717) is 24.3 Å². The predicted molar refractivity (Wildman–Crippen MR) is 80.1 cm³/mol. The molecule has 0 aliphatic carbocycles. The van der Waals surface area contributed by atoms with Crippen LogP contribution in [0.1, 0.15) is 17.3 Å². The highest BCUT2D eigenvalue weighted by atomic mass is 16.2. The lowest BCUT2D eigenvalue weighted by atomic mass is 10.1. The molecule has 0 saturated heterocycles. The van der Waals surface area contributed by atoms with Crippen molar-refractivity contribution < 1.29 is 9.59 Å². The van der Waals surface area contributed by atoms with E-state index >= 15 is 0 Å². The summed E-state index contributed by atoms with van der Waals surface area (Å²) in [5.74, 6) is -0.481. The minimum atomic E-state index is -0.220. The van der Waals surface area contributed by atoms with Gasteiger partial charge in [0, 0.05) is 26.2 Å². The zero-order valence-electron chi connectivity index (χ0n) is 12.4. The summed E-state index contributed by atoms with van der Waals surface area (Å²) < 4.78 is 0. The smallest absolute Gasteiger partial charge is 0.253 e. The third-order valence-electron chi connectivity index (χ3n) is 3.42. The first-order valence-corrected chi connectivity index (χ1v) is 6.72. The van der Waals surface area contributed by atoms with E-state index in [2.05, 4.69) is 11.4 Å².